The van der Waals surface area contributed by atoms with Crippen LogP contribution in [0.4, 0.5) is 0 Å². The van der Waals surface area contributed by atoms with Gasteiger partial charge in [-0.15, -0.1) is 0 Å². The predicted molar refractivity (Wildman–Crippen MR) is 85.3 cm³/mol. The summed E-state index contributed by atoms with van der Waals surface area (Å²) in [6, 6.07) is 8.82. The number of carboxylic acid groups (broad SMARTS) is 1. The maximum Gasteiger partial charge on any atom is 0.354 e. The number of benzene rings is 1. The van der Waals surface area contributed by atoms with E-state index in [1.165, 1.54) is 23.8 Å². The average molecular weight is 323 g/mol. The fraction of sp³-hybridized carbons (Fsp3) is 0. The van der Waals surface area contributed by atoms with E-state index < -0.39 is 5.97 Å². The molecular formula is C16H9N3O3S. The number of hydrogen-bond donors (Lipinski definition) is 1. The summed E-state index contributed by atoms with van der Waals surface area (Å²) in [5.74, 6) is -0.722. The van der Waals surface area contributed by atoms with Crippen LogP contribution < -0.4 is 0 Å². The van der Waals surface area contributed by atoms with Gasteiger partial charge in [0.2, 0.25) is 5.89 Å². The molecule has 4 aromatic rings. The number of nitrogens with zero attached hydrogens (tertiary/aromatic N) is 3. The zero-order valence-corrected chi connectivity index (χ0v) is 12.4. The first kappa shape index (κ1) is 13.6. The quantitative estimate of drug-likeness (QED) is 0.618. The third-order valence-corrected chi connectivity index (χ3v) is 3.97. The van der Waals surface area contributed by atoms with E-state index in [-0.39, 0.29) is 5.69 Å². The van der Waals surface area contributed by atoms with Crippen molar-refractivity contribution in [2.45, 2.75) is 0 Å². The van der Waals surface area contributed by atoms with Crippen molar-refractivity contribution < 1.29 is 14.3 Å². The van der Waals surface area contributed by atoms with Crippen LogP contribution in [0.3, 0.4) is 0 Å². The molecule has 0 aliphatic heterocycles. The second-order valence-electron chi connectivity index (χ2n) is 4.85. The summed E-state index contributed by atoms with van der Waals surface area (Å²) in [5.41, 5.74) is 3.91. The molecular weight excluding hydrogens is 314 g/mol. The van der Waals surface area contributed by atoms with Crippen molar-refractivity contribution >= 4 is 28.6 Å². The minimum atomic E-state index is -1.09. The third-order valence-electron chi connectivity index (χ3n) is 3.38. The van der Waals surface area contributed by atoms with E-state index in [1.807, 2.05) is 23.6 Å². The Balaban J connectivity index is 1.80. The first-order valence-corrected chi connectivity index (χ1v) is 7.54. The first-order valence-electron chi connectivity index (χ1n) is 6.71. The van der Waals surface area contributed by atoms with Gasteiger partial charge in [0.05, 0.1) is 0 Å². The summed E-state index contributed by atoms with van der Waals surface area (Å²) in [6.07, 6.45) is 3.23. The molecule has 112 valence electrons. The van der Waals surface area contributed by atoms with Gasteiger partial charge in [-0.3, -0.25) is 0 Å². The van der Waals surface area contributed by atoms with Crippen molar-refractivity contribution in [1.29, 1.82) is 0 Å². The molecule has 7 heteroatoms. The summed E-state index contributed by atoms with van der Waals surface area (Å²) in [6.45, 7) is 0. The van der Waals surface area contributed by atoms with Gasteiger partial charge in [0.25, 0.3) is 0 Å². The third kappa shape index (κ3) is 2.47. The van der Waals surface area contributed by atoms with Gasteiger partial charge in [0, 0.05) is 28.9 Å². The Kier molecular flexibility index (Phi) is 3.13. The van der Waals surface area contributed by atoms with Crippen molar-refractivity contribution in [3.05, 3.63) is 53.8 Å². The van der Waals surface area contributed by atoms with E-state index >= 15 is 0 Å². The average Bonchev–Trinajstić information content (AvgIpc) is 3.23. The molecule has 4 rings (SSSR count). The molecule has 0 saturated heterocycles. The van der Waals surface area contributed by atoms with Crippen LogP contribution in [0.15, 0.2) is 52.5 Å². The molecule has 0 bridgehead atoms. The normalized spacial score (nSPS) is 11.0. The lowest BCUT2D eigenvalue weighted by molar-refractivity contribution is 0.0690. The van der Waals surface area contributed by atoms with Crippen LogP contribution in [0.25, 0.3) is 33.7 Å². The Morgan fingerprint density at radius 1 is 1.13 bits per heavy atom. The van der Waals surface area contributed by atoms with Crippen molar-refractivity contribution in [3.8, 4) is 22.6 Å². The molecule has 0 atom stereocenters. The van der Waals surface area contributed by atoms with Crippen LogP contribution in [0.1, 0.15) is 10.5 Å². The number of hydrogen-bond acceptors (Lipinski definition) is 6. The Bertz CT molecular complexity index is 1010. The van der Waals surface area contributed by atoms with Gasteiger partial charge in [-0.05, 0) is 41.4 Å². The predicted octanol–water partition coefficient (Wildman–Crippen LogP) is 3.71. The molecule has 0 aliphatic rings. The number of oxazole rings is 1. The molecule has 3 aromatic heterocycles. The molecule has 6 nitrogen and oxygen atoms in total. The van der Waals surface area contributed by atoms with E-state index in [0.717, 1.165) is 11.1 Å². The molecule has 0 aliphatic carbocycles. The van der Waals surface area contributed by atoms with Crippen molar-refractivity contribution in [2.24, 2.45) is 0 Å². The van der Waals surface area contributed by atoms with Crippen molar-refractivity contribution in [2.75, 3.05) is 0 Å². The van der Waals surface area contributed by atoms with Gasteiger partial charge in [-0.1, -0.05) is 6.07 Å². The smallest absolute Gasteiger partial charge is 0.354 e. The van der Waals surface area contributed by atoms with E-state index in [1.54, 1.807) is 12.3 Å². The molecule has 1 aromatic carbocycles. The summed E-state index contributed by atoms with van der Waals surface area (Å²) in [4.78, 5) is 19.3. The van der Waals surface area contributed by atoms with Gasteiger partial charge in [-0.25, -0.2) is 19.1 Å². The molecule has 23 heavy (non-hydrogen) atoms. The molecule has 0 fully saturated rings. The number of pyridine rings is 1. The van der Waals surface area contributed by atoms with Crippen LogP contribution in [-0.4, -0.2) is 25.4 Å². The fourth-order valence-corrected chi connectivity index (χ4v) is 2.80. The Morgan fingerprint density at radius 2 is 2.04 bits per heavy atom. The summed E-state index contributed by atoms with van der Waals surface area (Å²) >= 11 is 1.39. The van der Waals surface area contributed by atoms with Crippen LogP contribution >= 0.6 is 11.5 Å². The zero-order chi connectivity index (χ0) is 15.8. The minimum absolute atomic E-state index is 0.0465. The zero-order valence-electron chi connectivity index (χ0n) is 11.6. The minimum Gasteiger partial charge on any atom is -0.477 e. The van der Waals surface area contributed by atoms with E-state index in [0.29, 0.717) is 22.6 Å². The van der Waals surface area contributed by atoms with Crippen LogP contribution in [0.5, 0.6) is 0 Å². The van der Waals surface area contributed by atoms with E-state index in [9.17, 15) is 4.79 Å². The summed E-state index contributed by atoms with van der Waals surface area (Å²) < 4.78 is 9.81. The van der Waals surface area contributed by atoms with Gasteiger partial charge >= 0.3 is 5.97 Å². The van der Waals surface area contributed by atoms with E-state index in [2.05, 4.69) is 14.3 Å². The Hall–Kier alpha value is -3.06. The number of fused-ring (bicyclic) bond motifs is 1. The lowest BCUT2D eigenvalue weighted by Crippen LogP contribution is -1.99. The largest absolute Gasteiger partial charge is 0.477 e. The maximum atomic E-state index is 11.0. The van der Waals surface area contributed by atoms with Gasteiger partial charge in [0.15, 0.2) is 5.58 Å². The molecule has 0 unspecified atom stereocenters. The molecule has 0 spiro atoms. The molecule has 3 heterocycles. The number of carboxylic acids is 1. The molecule has 0 radical (unpaired) electrons. The van der Waals surface area contributed by atoms with Crippen molar-refractivity contribution in [1.82, 2.24) is 14.3 Å². The van der Waals surface area contributed by atoms with Crippen LogP contribution in [-0.2, 0) is 0 Å². The lowest BCUT2D eigenvalue weighted by atomic mass is 10.1. The van der Waals surface area contributed by atoms with Gasteiger partial charge in [-0.2, -0.15) is 0 Å². The maximum absolute atomic E-state index is 11.0. The molecule has 0 saturated carbocycles. The fourth-order valence-electron chi connectivity index (χ4n) is 2.26. The number of aromatic carboxylic acids is 1. The van der Waals surface area contributed by atoms with E-state index in [4.69, 9.17) is 9.52 Å². The molecule has 1 N–H and O–H groups in total. The van der Waals surface area contributed by atoms with Gasteiger partial charge < -0.3 is 9.52 Å². The Labute approximate surface area is 134 Å². The molecule has 0 amide bonds. The summed E-state index contributed by atoms with van der Waals surface area (Å²) in [7, 11) is 0. The SMILES string of the molecule is O=C(O)c1cc(-c2nc3cc(-c4cnsc4)ccc3o2)ccn1. The van der Waals surface area contributed by atoms with Crippen LogP contribution in [0.2, 0.25) is 0 Å². The van der Waals surface area contributed by atoms with Crippen LogP contribution in [0, 0.1) is 0 Å². The standard InChI is InChI=1S/C16H9N3O3S/c20-16(21)13-6-10(3-4-17-13)15-19-12-5-9(1-2-14(12)22-15)11-7-18-23-8-11/h1-8H,(H,20,21). The highest BCUT2D eigenvalue weighted by Gasteiger charge is 2.12. The number of carbonyl (C=O) groups is 1. The number of aromatic nitrogens is 3. The topological polar surface area (TPSA) is 89.1 Å². The lowest BCUT2D eigenvalue weighted by Gasteiger charge is -1.96. The second-order valence-corrected chi connectivity index (χ2v) is 5.51. The highest BCUT2D eigenvalue weighted by molar-refractivity contribution is 7.03. The number of rotatable bonds is 3. The Morgan fingerprint density at radius 3 is 2.83 bits per heavy atom. The second kappa shape index (κ2) is 5.29. The first-order chi connectivity index (χ1) is 11.2. The monoisotopic (exact) mass is 323 g/mol. The highest BCUT2D eigenvalue weighted by Crippen LogP contribution is 2.28. The highest BCUT2D eigenvalue weighted by atomic mass is 32.1. The van der Waals surface area contributed by atoms with Crippen molar-refractivity contribution in [3.63, 3.8) is 0 Å². The summed E-state index contributed by atoms with van der Waals surface area (Å²) in [5, 5.41) is 11.0. The van der Waals surface area contributed by atoms with Gasteiger partial charge in [0.1, 0.15) is 11.2 Å².